The van der Waals surface area contributed by atoms with Crippen LogP contribution in [-0.4, -0.2) is 74.9 Å². The van der Waals surface area contributed by atoms with E-state index in [2.05, 4.69) is 86.8 Å². The third-order valence-corrected chi connectivity index (χ3v) is 11.2. The smallest absolute Gasteiger partial charge is 0.462 e. The van der Waals surface area contributed by atoms with Gasteiger partial charge in [-0.3, -0.25) is 18.6 Å². The molecule has 0 aromatic carbocycles. The lowest BCUT2D eigenvalue weighted by Gasteiger charge is -2.24. The Balaban J connectivity index is 4.45. The molecule has 0 aliphatic carbocycles. The van der Waals surface area contributed by atoms with E-state index in [1.807, 2.05) is 21.1 Å². The number of allylic oxidation sites excluding steroid dienone is 12. The van der Waals surface area contributed by atoms with Crippen molar-refractivity contribution in [1.29, 1.82) is 0 Å². The molecule has 0 saturated carbocycles. The Morgan fingerprint density at radius 2 is 0.871 bits per heavy atom. The largest absolute Gasteiger partial charge is 0.472 e. The highest BCUT2D eigenvalue weighted by molar-refractivity contribution is 7.47. The summed E-state index contributed by atoms with van der Waals surface area (Å²) in [6, 6.07) is 0. The van der Waals surface area contributed by atoms with E-state index >= 15 is 0 Å². The van der Waals surface area contributed by atoms with Gasteiger partial charge in [0.15, 0.2) is 6.10 Å². The number of phosphoric acid groups is 1. The van der Waals surface area contributed by atoms with Crippen molar-refractivity contribution < 1.29 is 42.1 Å². The van der Waals surface area contributed by atoms with E-state index in [0.29, 0.717) is 23.9 Å². The fourth-order valence-corrected chi connectivity index (χ4v) is 7.08. The maximum absolute atomic E-state index is 12.7. The number of carbonyl (C=O) groups is 2. The number of unbranched alkanes of at least 4 members (excludes halogenated alkanes) is 18. The molecule has 0 amide bonds. The predicted molar refractivity (Wildman–Crippen MR) is 261 cm³/mol. The van der Waals surface area contributed by atoms with Crippen LogP contribution in [-0.2, 0) is 32.7 Å². The van der Waals surface area contributed by atoms with Gasteiger partial charge < -0.3 is 18.9 Å². The SMILES string of the molecule is CCCCCCCCC/C=C/C/C=C/C/C=C/C/C=C/CCCC(=O)OC[C@H](COP(=O)(O)OCC[N+](C)(C)C)OC(=O)CCC/C=C/C/C=C/CCCCCCCCCCC. The second-order valence-electron chi connectivity index (χ2n) is 17.5. The first-order chi connectivity index (χ1) is 30.0. The Bertz CT molecular complexity index is 1280. The number of ether oxygens (including phenoxy) is 2. The molecular formula is C52H93NO8P+. The van der Waals surface area contributed by atoms with E-state index in [4.69, 9.17) is 18.5 Å². The highest BCUT2D eigenvalue weighted by Gasteiger charge is 2.27. The fraction of sp³-hybridized carbons (Fsp3) is 0.731. The van der Waals surface area contributed by atoms with Crippen LogP contribution in [0.25, 0.3) is 0 Å². The lowest BCUT2D eigenvalue weighted by atomic mass is 10.1. The van der Waals surface area contributed by atoms with Gasteiger partial charge in [0.25, 0.3) is 0 Å². The molecule has 0 bridgehead atoms. The van der Waals surface area contributed by atoms with Crippen LogP contribution in [0.3, 0.4) is 0 Å². The van der Waals surface area contributed by atoms with E-state index < -0.39 is 32.5 Å². The third kappa shape index (κ3) is 46.9. The molecule has 10 heteroatoms. The number of likely N-dealkylation sites (N-methyl/N-ethyl adjacent to an activating group) is 1. The standard InChI is InChI=1S/C52H92NO8P/c1-6-8-10-12-14-16-18-20-22-24-25-26-27-29-30-32-34-36-38-40-42-44-51(54)58-48-50(49-60-62(56,57)59-47-46-53(3,4)5)61-52(55)45-43-41-39-37-35-33-31-28-23-21-19-17-15-13-11-9-7-2/h22,24,26-27,30-33,36-39,50H,6-21,23,25,28-29,34-35,40-49H2,1-5H3/p+1/b24-22+,27-26+,32-30+,33-31+,38-36+,39-37+/t50-/m1/s1. The van der Waals surface area contributed by atoms with E-state index in [-0.39, 0.29) is 26.1 Å². The summed E-state index contributed by atoms with van der Waals surface area (Å²) in [6.45, 7) is 4.31. The Hall–Kier alpha value is -2.55. The Labute approximate surface area is 380 Å². The van der Waals surface area contributed by atoms with Gasteiger partial charge in [0.05, 0.1) is 27.7 Å². The van der Waals surface area contributed by atoms with Crippen molar-refractivity contribution in [1.82, 2.24) is 0 Å². The van der Waals surface area contributed by atoms with Gasteiger partial charge >= 0.3 is 19.8 Å². The van der Waals surface area contributed by atoms with Gasteiger partial charge in [0, 0.05) is 12.8 Å². The summed E-state index contributed by atoms with van der Waals surface area (Å²) in [6.07, 6.45) is 55.5. The molecule has 9 nitrogen and oxygen atoms in total. The number of hydrogen-bond donors (Lipinski definition) is 1. The summed E-state index contributed by atoms with van der Waals surface area (Å²) in [5.41, 5.74) is 0. The summed E-state index contributed by atoms with van der Waals surface area (Å²) >= 11 is 0. The number of esters is 2. The first kappa shape index (κ1) is 59.5. The van der Waals surface area contributed by atoms with Gasteiger partial charge in [0.1, 0.15) is 19.8 Å². The summed E-state index contributed by atoms with van der Waals surface area (Å²) in [5, 5.41) is 0. The van der Waals surface area contributed by atoms with Gasteiger partial charge in [-0.15, -0.1) is 0 Å². The van der Waals surface area contributed by atoms with Crippen LogP contribution in [0.1, 0.15) is 194 Å². The molecule has 1 N–H and O–H groups in total. The van der Waals surface area contributed by atoms with Crippen molar-refractivity contribution in [3.05, 3.63) is 72.9 Å². The molecule has 0 aromatic heterocycles. The topological polar surface area (TPSA) is 108 Å². The molecule has 1 unspecified atom stereocenters. The zero-order valence-electron chi connectivity index (χ0n) is 40.3. The number of rotatable bonds is 44. The number of nitrogens with zero attached hydrogens (tertiary/aromatic N) is 1. The average molecular weight is 891 g/mol. The zero-order valence-corrected chi connectivity index (χ0v) is 41.2. The summed E-state index contributed by atoms with van der Waals surface area (Å²) < 4.78 is 34.3. The van der Waals surface area contributed by atoms with Crippen LogP contribution in [0.15, 0.2) is 72.9 Å². The molecule has 0 rings (SSSR count). The molecular weight excluding hydrogens is 798 g/mol. The molecule has 62 heavy (non-hydrogen) atoms. The van der Waals surface area contributed by atoms with Gasteiger partial charge in [-0.25, -0.2) is 4.57 Å². The zero-order chi connectivity index (χ0) is 45.7. The monoisotopic (exact) mass is 891 g/mol. The van der Waals surface area contributed by atoms with Crippen molar-refractivity contribution in [3.8, 4) is 0 Å². The second-order valence-corrected chi connectivity index (χ2v) is 18.9. The minimum Gasteiger partial charge on any atom is -0.462 e. The minimum atomic E-state index is -4.41. The van der Waals surface area contributed by atoms with Crippen LogP contribution >= 0.6 is 7.82 Å². The van der Waals surface area contributed by atoms with Crippen molar-refractivity contribution >= 4 is 19.8 Å². The van der Waals surface area contributed by atoms with Gasteiger partial charge in [-0.2, -0.15) is 0 Å². The van der Waals surface area contributed by atoms with Crippen molar-refractivity contribution in [2.75, 3.05) is 47.5 Å². The third-order valence-electron chi connectivity index (χ3n) is 10.2. The van der Waals surface area contributed by atoms with E-state index in [9.17, 15) is 19.0 Å². The molecule has 0 radical (unpaired) electrons. The minimum absolute atomic E-state index is 0.0128. The molecule has 0 aliphatic heterocycles. The Kier molecular flexibility index (Phi) is 41.9. The van der Waals surface area contributed by atoms with Crippen molar-refractivity contribution in [2.24, 2.45) is 0 Å². The highest BCUT2D eigenvalue weighted by atomic mass is 31.2. The van der Waals surface area contributed by atoms with E-state index in [1.165, 1.54) is 109 Å². The van der Waals surface area contributed by atoms with Crippen LogP contribution < -0.4 is 0 Å². The number of phosphoric ester groups is 1. The first-order valence-electron chi connectivity index (χ1n) is 24.7. The molecule has 0 spiro atoms. The Morgan fingerprint density at radius 3 is 1.29 bits per heavy atom. The average Bonchev–Trinajstić information content (AvgIpc) is 3.23. The van der Waals surface area contributed by atoms with Gasteiger partial charge in [-0.1, -0.05) is 177 Å². The van der Waals surface area contributed by atoms with Gasteiger partial charge in [0.2, 0.25) is 0 Å². The number of hydrogen-bond acceptors (Lipinski definition) is 7. The number of quaternary nitrogens is 1. The second kappa shape index (κ2) is 43.7. The quantitative estimate of drug-likeness (QED) is 0.0212. The predicted octanol–water partition coefficient (Wildman–Crippen LogP) is 14.6. The first-order valence-corrected chi connectivity index (χ1v) is 26.2. The van der Waals surface area contributed by atoms with E-state index in [0.717, 1.165) is 44.9 Å². The molecule has 0 heterocycles. The maximum atomic E-state index is 12.7. The Morgan fingerprint density at radius 1 is 0.500 bits per heavy atom. The highest BCUT2D eigenvalue weighted by Crippen LogP contribution is 2.43. The molecule has 0 aromatic rings. The molecule has 0 aliphatic rings. The fourth-order valence-electron chi connectivity index (χ4n) is 6.34. The van der Waals surface area contributed by atoms with Gasteiger partial charge in [-0.05, 0) is 77.0 Å². The summed E-state index contributed by atoms with van der Waals surface area (Å²) in [5.74, 6) is -0.920. The lowest BCUT2D eigenvalue weighted by Crippen LogP contribution is -2.37. The van der Waals surface area contributed by atoms with E-state index in [1.54, 1.807) is 0 Å². The van der Waals surface area contributed by atoms with Crippen molar-refractivity contribution in [3.63, 3.8) is 0 Å². The van der Waals surface area contributed by atoms with Crippen molar-refractivity contribution in [2.45, 2.75) is 200 Å². The maximum Gasteiger partial charge on any atom is 0.472 e. The summed E-state index contributed by atoms with van der Waals surface area (Å²) in [7, 11) is 1.42. The lowest BCUT2D eigenvalue weighted by molar-refractivity contribution is -0.870. The number of carbonyl (C=O) groups excluding carboxylic acids is 2. The van der Waals surface area contributed by atoms with Crippen LogP contribution in [0.4, 0.5) is 0 Å². The molecule has 0 fully saturated rings. The van der Waals surface area contributed by atoms with Crippen LogP contribution in [0.5, 0.6) is 0 Å². The molecule has 2 atom stereocenters. The molecule has 0 saturated heterocycles. The summed E-state index contributed by atoms with van der Waals surface area (Å²) in [4.78, 5) is 35.4. The van der Waals surface area contributed by atoms with Crippen LogP contribution in [0, 0.1) is 0 Å². The molecule has 358 valence electrons. The normalized spacial score (nSPS) is 14.1. The van der Waals surface area contributed by atoms with Crippen LogP contribution in [0.2, 0.25) is 0 Å².